The van der Waals surface area contributed by atoms with Crippen molar-refractivity contribution < 1.29 is 31.1 Å². The summed E-state index contributed by atoms with van der Waals surface area (Å²) in [5.74, 6) is -1.40. The second-order valence-electron chi connectivity index (χ2n) is 10.0. The van der Waals surface area contributed by atoms with Gasteiger partial charge in [-0.1, -0.05) is 0 Å². The van der Waals surface area contributed by atoms with Gasteiger partial charge < -0.3 is 14.8 Å². The first-order chi connectivity index (χ1) is 17.8. The van der Waals surface area contributed by atoms with Gasteiger partial charge in [0.15, 0.2) is 0 Å². The van der Waals surface area contributed by atoms with E-state index in [2.05, 4.69) is 15.3 Å². The number of rotatable bonds is 6. The van der Waals surface area contributed by atoms with Gasteiger partial charge in [0.2, 0.25) is 0 Å². The van der Waals surface area contributed by atoms with Crippen molar-refractivity contribution in [3.63, 3.8) is 0 Å². The molecule has 4 rings (SSSR count). The lowest BCUT2D eigenvalue weighted by atomic mass is 9.84. The summed E-state index contributed by atoms with van der Waals surface area (Å²) in [5.41, 5.74) is -2.68. The Balaban J connectivity index is 1.28. The highest BCUT2D eigenvalue weighted by Crippen LogP contribution is 2.39. The third-order valence-corrected chi connectivity index (χ3v) is 7.30. The summed E-state index contributed by atoms with van der Waals surface area (Å²) < 4.78 is 80.3. The van der Waals surface area contributed by atoms with Crippen molar-refractivity contribution in [1.82, 2.24) is 24.6 Å². The molecule has 3 heterocycles. The molecule has 1 amide bonds. The molecule has 2 aromatic heterocycles. The Morgan fingerprint density at radius 1 is 1.11 bits per heavy atom. The highest BCUT2D eigenvalue weighted by molar-refractivity contribution is 5.94. The topological polar surface area (TPSA) is 86.3 Å². The number of hydrogen-bond acceptors (Lipinski definition) is 5. The lowest BCUT2D eigenvalue weighted by Gasteiger charge is -2.42. The third kappa shape index (κ3) is 6.51. The summed E-state index contributed by atoms with van der Waals surface area (Å²) in [7, 11) is 0. The Morgan fingerprint density at radius 3 is 2.37 bits per heavy atom. The summed E-state index contributed by atoms with van der Waals surface area (Å²) in [5, 5.41) is 7.90. The molecule has 1 saturated carbocycles. The number of carbonyl (C=O) groups is 1. The van der Waals surface area contributed by atoms with E-state index in [0.717, 1.165) is 6.20 Å². The maximum Gasteiger partial charge on any atom is 0.423 e. The zero-order valence-corrected chi connectivity index (χ0v) is 20.8. The largest absolute Gasteiger partial charge is 0.423 e. The predicted octanol–water partition coefficient (Wildman–Crippen LogP) is 3.97. The number of nitrogens with zero attached hydrogens (tertiary/aromatic N) is 4. The minimum absolute atomic E-state index is 0.106. The van der Waals surface area contributed by atoms with Crippen LogP contribution in [0.2, 0.25) is 0 Å². The normalized spacial score (nSPS) is 22.3. The van der Waals surface area contributed by atoms with Crippen molar-refractivity contribution >= 4 is 11.6 Å². The van der Waals surface area contributed by atoms with Crippen molar-refractivity contribution in [3.8, 4) is 0 Å². The van der Waals surface area contributed by atoms with E-state index >= 15 is 0 Å². The lowest BCUT2D eigenvalue weighted by Crippen LogP contribution is -2.52. The summed E-state index contributed by atoms with van der Waals surface area (Å²) in [6, 6.07) is 1.22. The SMILES string of the molecule is CC(Cn1ccc(C(=O)N2CCN(C3CCC(C(F)(F)F)CC3)CC2)c1)Nc1cn[nH]c(=O)c1C(F)(F)F. The average Bonchev–Trinajstić information content (AvgIpc) is 3.30. The van der Waals surface area contributed by atoms with Crippen LogP contribution in [0.3, 0.4) is 0 Å². The van der Waals surface area contributed by atoms with Crippen LogP contribution >= 0.6 is 0 Å². The first kappa shape index (κ1) is 28.0. The van der Waals surface area contributed by atoms with E-state index < -0.39 is 41.1 Å². The molecule has 0 bridgehead atoms. The summed E-state index contributed by atoms with van der Waals surface area (Å²) in [6.07, 6.45) is -3.51. The maximum atomic E-state index is 13.3. The van der Waals surface area contributed by atoms with E-state index in [1.54, 1.807) is 39.9 Å². The fourth-order valence-electron chi connectivity index (χ4n) is 5.34. The Labute approximate surface area is 215 Å². The van der Waals surface area contributed by atoms with Crippen LogP contribution in [0, 0.1) is 5.92 Å². The van der Waals surface area contributed by atoms with Crippen LogP contribution in [-0.2, 0) is 12.7 Å². The van der Waals surface area contributed by atoms with E-state index in [4.69, 9.17) is 0 Å². The zero-order chi connectivity index (χ0) is 27.7. The quantitative estimate of drug-likeness (QED) is 0.534. The first-order valence-electron chi connectivity index (χ1n) is 12.5. The minimum atomic E-state index is -4.85. The highest BCUT2D eigenvalue weighted by Gasteiger charge is 2.42. The van der Waals surface area contributed by atoms with Crippen LogP contribution in [0.15, 0.2) is 29.5 Å². The summed E-state index contributed by atoms with van der Waals surface area (Å²) >= 11 is 0. The van der Waals surface area contributed by atoms with Crippen molar-refractivity contribution in [1.29, 1.82) is 0 Å². The van der Waals surface area contributed by atoms with E-state index in [1.165, 1.54) is 0 Å². The number of carbonyl (C=O) groups excluding carboxylic acids is 1. The predicted molar refractivity (Wildman–Crippen MR) is 127 cm³/mol. The molecule has 2 fully saturated rings. The smallest absolute Gasteiger partial charge is 0.379 e. The van der Waals surface area contributed by atoms with Crippen molar-refractivity contribution in [2.75, 3.05) is 31.5 Å². The molecule has 0 radical (unpaired) electrons. The Bertz CT molecular complexity index is 1160. The molecular weight excluding hydrogens is 518 g/mol. The number of aromatic nitrogens is 3. The molecule has 1 aliphatic carbocycles. The molecule has 2 aliphatic rings. The Kier molecular flexibility index (Phi) is 8.09. The first-order valence-corrected chi connectivity index (χ1v) is 12.5. The van der Waals surface area contributed by atoms with Gasteiger partial charge >= 0.3 is 12.4 Å². The monoisotopic (exact) mass is 548 g/mol. The Hall–Kier alpha value is -3.03. The van der Waals surface area contributed by atoms with Gasteiger partial charge in [-0.05, 0) is 38.7 Å². The number of hydrogen-bond donors (Lipinski definition) is 2. The van der Waals surface area contributed by atoms with Gasteiger partial charge in [-0.2, -0.15) is 31.4 Å². The van der Waals surface area contributed by atoms with Crippen LogP contribution in [0.25, 0.3) is 0 Å². The molecule has 0 aromatic carbocycles. The zero-order valence-electron chi connectivity index (χ0n) is 20.8. The maximum absolute atomic E-state index is 13.3. The van der Waals surface area contributed by atoms with Crippen LogP contribution < -0.4 is 10.9 Å². The van der Waals surface area contributed by atoms with Crippen LogP contribution in [0.4, 0.5) is 32.0 Å². The molecule has 1 saturated heterocycles. The number of nitrogens with one attached hydrogen (secondary N) is 2. The van der Waals surface area contributed by atoms with E-state index in [1.807, 2.05) is 0 Å². The molecule has 2 N–H and O–H groups in total. The molecule has 38 heavy (non-hydrogen) atoms. The van der Waals surface area contributed by atoms with Crippen LogP contribution in [0.5, 0.6) is 0 Å². The van der Waals surface area contributed by atoms with Gasteiger partial charge in [0, 0.05) is 57.2 Å². The lowest BCUT2D eigenvalue weighted by molar-refractivity contribution is -0.184. The fourth-order valence-corrected chi connectivity index (χ4v) is 5.34. The minimum Gasteiger partial charge on any atom is -0.379 e. The second kappa shape index (κ2) is 11.0. The van der Waals surface area contributed by atoms with Gasteiger partial charge in [0.05, 0.1) is 23.4 Å². The molecule has 2 aromatic rings. The molecule has 1 unspecified atom stereocenters. The van der Waals surface area contributed by atoms with Crippen LogP contribution in [0.1, 0.15) is 48.5 Å². The standard InChI is InChI=1S/C24H30F6N6O2/c1-15(32-19-12-31-33-21(37)20(19)24(28,29)30)13-34-7-6-16(14-34)22(38)36-10-8-35(9-11-36)18-4-2-17(3-5-18)23(25,26)27/h6-7,12,14-15,17-18H,2-5,8-11,13H2,1H3,(H2,32,33,37). The number of halogens is 6. The second-order valence-corrected chi connectivity index (χ2v) is 10.0. The summed E-state index contributed by atoms with van der Waals surface area (Å²) in [4.78, 5) is 28.5. The van der Waals surface area contributed by atoms with Gasteiger partial charge in [-0.15, -0.1) is 0 Å². The van der Waals surface area contributed by atoms with Crippen molar-refractivity contribution in [2.24, 2.45) is 5.92 Å². The Morgan fingerprint density at radius 2 is 1.76 bits per heavy atom. The molecule has 8 nitrogen and oxygen atoms in total. The number of H-pyrrole nitrogens is 1. The molecular formula is C24H30F6N6O2. The number of alkyl halides is 6. The van der Waals surface area contributed by atoms with Gasteiger partial charge in [0.1, 0.15) is 5.56 Å². The molecule has 1 atom stereocenters. The van der Waals surface area contributed by atoms with E-state index in [9.17, 15) is 35.9 Å². The number of amides is 1. The fraction of sp³-hybridized carbons (Fsp3) is 0.625. The van der Waals surface area contributed by atoms with Gasteiger partial charge in [-0.3, -0.25) is 14.5 Å². The van der Waals surface area contributed by atoms with Crippen molar-refractivity contribution in [3.05, 3.63) is 46.1 Å². The number of aromatic amines is 1. The van der Waals surface area contributed by atoms with Gasteiger partial charge in [-0.25, -0.2) is 5.10 Å². The molecule has 1 aliphatic heterocycles. The summed E-state index contributed by atoms with van der Waals surface area (Å²) in [6.45, 7) is 4.00. The molecule has 210 valence electrons. The number of anilines is 1. The average molecular weight is 549 g/mol. The van der Waals surface area contributed by atoms with Crippen molar-refractivity contribution in [2.45, 2.75) is 63.6 Å². The molecule has 0 spiro atoms. The van der Waals surface area contributed by atoms with E-state index in [-0.39, 0.29) is 31.3 Å². The molecule has 14 heteroatoms. The highest BCUT2D eigenvalue weighted by atomic mass is 19.4. The van der Waals surface area contributed by atoms with E-state index in [0.29, 0.717) is 44.6 Å². The number of piperazine rings is 1. The third-order valence-electron chi connectivity index (χ3n) is 7.30. The van der Waals surface area contributed by atoms with Crippen LogP contribution in [-0.4, -0.2) is 74.9 Å². The van der Waals surface area contributed by atoms with Gasteiger partial charge in [0.25, 0.3) is 11.5 Å².